The number of rotatable bonds is 1. The SMILES string of the molecule is B=NCC#CC#C. The van der Waals surface area contributed by atoms with Crippen LogP contribution in [0.4, 0.5) is 0 Å². The third-order valence-electron chi connectivity index (χ3n) is 0.351. The number of hydrogen-bond acceptors (Lipinski definition) is 1. The van der Waals surface area contributed by atoms with Gasteiger partial charge in [0.15, 0.2) is 0 Å². The summed E-state index contributed by atoms with van der Waals surface area (Å²) in [4.78, 5) is 3.45. The van der Waals surface area contributed by atoms with Gasteiger partial charge >= 0.3 is 43.3 Å². The molecular weight excluding hydrogens is 84.9 g/mol. The molecule has 0 spiro atoms. The van der Waals surface area contributed by atoms with E-state index < -0.39 is 0 Å². The first kappa shape index (κ1) is 5.98. The van der Waals surface area contributed by atoms with Gasteiger partial charge in [0.1, 0.15) is 0 Å². The molecule has 32 valence electrons. The van der Waals surface area contributed by atoms with Crippen LogP contribution >= 0.6 is 0 Å². The molecule has 0 aliphatic carbocycles. The van der Waals surface area contributed by atoms with E-state index in [1.807, 2.05) is 0 Å². The Balaban J connectivity index is 3.30. The predicted octanol–water partition coefficient (Wildman–Crippen LogP) is -0.293. The second-order valence-electron chi connectivity index (χ2n) is 0.828. The molecule has 0 saturated heterocycles. The summed E-state index contributed by atoms with van der Waals surface area (Å²) in [5, 5.41) is 0. The molecule has 0 N–H and O–H groups in total. The Kier molecular flexibility index (Phi) is 4.26. The van der Waals surface area contributed by atoms with Crippen molar-refractivity contribution >= 4 is 7.64 Å². The van der Waals surface area contributed by atoms with Crippen LogP contribution in [0.5, 0.6) is 0 Å². The van der Waals surface area contributed by atoms with Crippen LogP contribution in [0.25, 0.3) is 0 Å². The first-order valence-corrected chi connectivity index (χ1v) is 1.77. The molecule has 0 fully saturated rings. The van der Waals surface area contributed by atoms with Gasteiger partial charge in [-0.05, 0) is 0 Å². The van der Waals surface area contributed by atoms with Gasteiger partial charge in [-0.2, -0.15) is 0 Å². The van der Waals surface area contributed by atoms with E-state index in [0.29, 0.717) is 6.54 Å². The van der Waals surface area contributed by atoms with E-state index in [1.54, 1.807) is 0 Å². The maximum absolute atomic E-state index is 4.78. The molecule has 2 heteroatoms. The molecule has 0 aliphatic heterocycles. The second-order valence-corrected chi connectivity index (χ2v) is 0.828. The first-order valence-electron chi connectivity index (χ1n) is 1.77. The van der Waals surface area contributed by atoms with Gasteiger partial charge in [0, 0.05) is 0 Å². The van der Waals surface area contributed by atoms with Crippen molar-refractivity contribution in [1.82, 2.24) is 0 Å². The predicted molar refractivity (Wildman–Crippen MR) is 31.1 cm³/mol. The van der Waals surface area contributed by atoms with E-state index in [4.69, 9.17) is 6.42 Å². The molecule has 0 radical (unpaired) electrons. The molecule has 0 aromatic carbocycles. The summed E-state index contributed by atoms with van der Waals surface area (Å²) in [5.41, 5.74) is 0. The minimum absolute atomic E-state index is 0.435. The number of hydrogen-bond donors (Lipinski definition) is 0. The van der Waals surface area contributed by atoms with Gasteiger partial charge in [-0.1, -0.05) is 0 Å². The van der Waals surface area contributed by atoms with Gasteiger partial charge < -0.3 is 0 Å². The van der Waals surface area contributed by atoms with E-state index >= 15 is 0 Å². The molecule has 0 aromatic heterocycles. The average Bonchev–Trinajstić information content (AvgIpc) is 1.69. The van der Waals surface area contributed by atoms with Gasteiger partial charge in [-0.3, -0.25) is 0 Å². The summed E-state index contributed by atoms with van der Waals surface area (Å²) in [6.45, 7) is 0.435. The summed E-state index contributed by atoms with van der Waals surface area (Å²) >= 11 is 0. The van der Waals surface area contributed by atoms with Crippen molar-refractivity contribution in [3.63, 3.8) is 0 Å². The van der Waals surface area contributed by atoms with E-state index in [0.717, 1.165) is 0 Å². The van der Waals surface area contributed by atoms with Crippen LogP contribution in [-0.4, -0.2) is 14.2 Å². The minimum atomic E-state index is 0.435. The molecule has 7 heavy (non-hydrogen) atoms. The van der Waals surface area contributed by atoms with Gasteiger partial charge in [0.05, 0.1) is 0 Å². The Bertz CT molecular complexity index is 144. The van der Waals surface area contributed by atoms with E-state index in [9.17, 15) is 0 Å². The number of terminal acetylenes is 1. The van der Waals surface area contributed by atoms with Crippen LogP contribution in [0.15, 0.2) is 4.90 Å². The standard InChI is InChI=1S/C5H4BN/c1-2-3-4-5-7-6/h1,6H,5H2. The van der Waals surface area contributed by atoms with Gasteiger partial charge in [-0.15, -0.1) is 0 Å². The Morgan fingerprint density at radius 3 is 2.86 bits per heavy atom. The van der Waals surface area contributed by atoms with Crippen molar-refractivity contribution < 1.29 is 0 Å². The normalized spacial score (nSPS) is 4.86. The first-order chi connectivity index (χ1) is 3.41. The van der Waals surface area contributed by atoms with E-state index in [2.05, 4.69) is 30.3 Å². The van der Waals surface area contributed by atoms with Crippen LogP contribution < -0.4 is 0 Å². The molecule has 1 nitrogen and oxygen atoms in total. The zero-order valence-electron chi connectivity index (χ0n) is 3.94. The van der Waals surface area contributed by atoms with Crippen molar-refractivity contribution in [3.8, 4) is 24.2 Å². The summed E-state index contributed by atoms with van der Waals surface area (Å²) in [5.74, 6) is 7.12. The van der Waals surface area contributed by atoms with Crippen LogP contribution in [0.2, 0.25) is 0 Å². The fraction of sp³-hybridized carbons (Fsp3) is 0.200. The zero-order chi connectivity index (χ0) is 5.54. The van der Waals surface area contributed by atoms with E-state index in [-0.39, 0.29) is 0 Å². The maximum atomic E-state index is 4.78. The Hall–Kier alpha value is -1.02. The van der Waals surface area contributed by atoms with Crippen LogP contribution in [0.1, 0.15) is 0 Å². The van der Waals surface area contributed by atoms with Crippen molar-refractivity contribution in [1.29, 1.82) is 0 Å². The topological polar surface area (TPSA) is 12.4 Å². The molecule has 0 bridgehead atoms. The molecule has 0 heterocycles. The molecule has 0 saturated carbocycles. The molecule has 0 atom stereocenters. The third kappa shape index (κ3) is 4.98. The third-order valence-corrected chi connectivity index (χ3v) is 0.351. The Morgan fingerprint density at radius 2 is 2.43 bits per heavy atom. The summed E-state index contributed by atoms with van der Waals surface area (Å²) in [6.07, 6.45) is 4.78. The fourth-order valence-electron chi connectivity index (χ4n) is 0.146. The van der Waals surface area contributed by atoms with Crippen molar-refractivity contribution in [3.05, 3.63) is 0 Å². The molecular formula is C5H4BN. The van der Waals surface area contributed by atoms with Crippen molar-refractivity contribution in [2.24, 2.45) is 4.90 Å². The zero-order valence-corrected chi connectivity index (χ0v) is 3.94. The van der Waals surface area contributed by atoms with Crippen molar-refractivity contribution in [2.45, 2.75) is 0 Å². The molecule has 0 aliphatic rings. The summed E-state index contributed by atoms with van der Waals surface area (Å²) < 4.78 is 0. The Labute approximate surface area is 44.2 Å². The van der Waals surface area contributed by atoms with Crippen LogP contribution in [-0.2, 0) is 0 Å². The fourth-order valence-corrected chi connectivity index (χ4v) is 0.146. The van der Waals surface area contributed by atoms with Gasteiger partial charge in [-0.25, -0.2) is 0 Å². The van der Waals surface area contributed by atoms with Gasteiger partial charge in [0.25, 0.3) is 0 Å². The molecule has 0 unspecified atom stereocenters. The summed E-state index contributed by atoms with van der Waals surface area (Å²) in [6, 6.07) is 0. The van der Waals surface area contributed by atoms with Crippen LogP contribution in [0.3, 0.4) is 0 Å². The molecule has 0 rings (SSSR count). The number of nitrogens with zero attached hydrogens (tertiary/aromatic N) is 1. The molecule has 0 aromatic rings. The van der Waals surface area contributed by atoms with E-state index in [1.165, 1.54) is 0 Å². The average molecular weight is 88.9 g/mol. The second kappa shape index (κ2) is 4.98. The summed E-state index contributed by atoms with van der Waals surface area (Å²) in [7, 11) is 3.21. The van der Waals surface area contributed by atoms with Crippen LogP contribution in [0, 0.1) is 24.2 Å². The monoisotopic (exact) mass is 89.0 g/mol. The quantitative estimate of drug-likeness (QED) is 0.309. The van der Waals surface area contributed by atoms with Crippen molar-refractivity contribution in [2.75, 3.05) is 6.54 Å². The molecule has 0 amide bonds. The Morgan fingerprint density at radius 1 is 1.71 bits per heavy atom. The van der Waals surface area contributed by atoms with Gasteiger partial charge in [0.2, 0.25) is 0 Å².